The maximum absolute atomic E-state index is 13.6. The Hall–Kier alpha value is -2.68. The molecule has 1 aromatic heterocycles. The number of rotatable bonds is 4. The minimum Gasteiger partial charge on any atom is -0.279 e. The molecular formula is C23H24N2O. The Bertz CT molecular complexity index is 965. The average Bonchev–Trinajstić information content (AvgIpc) is 2.67. The van der Waals surface area contributed by atoms with E-state index >= 15 is 0 Å². The van der Waals surface area contributed by atoms with Gasteiger partial charge in [-0.3, -0.25) is 14.7 Å². The van der Waals surface area contributed by atoms with Gasteiger partial charge in [-0.1, -0.05) is 63.1 Å². The number of hydrogen-bond donors (Lipinski definition) is 0. The number of carbonyl (C=O) groups excluding carboxylic acids is 1. The molecule has 1 amide bonds. The average molecular weight is 344 g/mol. The first-order valence-electron chi connectivity index (χ1n) is 9.40. The van der Waals surface area contributed by atoms with Crippen LogP contribution in [0.4, 0.5) is 11.4 Å². The summed E-state index contributed by atoms with van der Waals surface area (Å²) in [6, 6.07) is 18.4. The van der Waals surface area contributed by atoms with Crippen molar-refractivity contribution < 1.29 is 4.79 Å². The monoisotopic (exact) mass is 344 g/mol. The van der Waals surface area contributed by atoms with Crippen LogP contribution in [-0.4, -0.2) is 10.9 Å². The van der Waals surface area contributed by atoms with Gasteiger partial charge in [-0.25, -0.2) is 0 Å². The van der Waals surface area contributed by atoms with Gasteiger partial charge in [-0.15, -0.1) is 0 Å². The maximum atomic E-state index is 13.6. The number of aromatic nitrogens is 1. The summed E-state index contributed by atoms with van der Waals surface area (Å²) in [5.41, 5.74) is 3.66. The van der Waals surface area contributed by atoms with E-state index in [2.05, 4.69) is 37.0 Å². The van der Waals surface area contributed by atoms with Crippen molar-refractivity contribution in [2.45, 2.75) is 39.5 Å². The molecule has 26 heavy (non-hydrogen) atoms. The highest BCUT2D eigenvalue weighted by molar-refractivity contribution is 6.07. The molecule has 1 aliphatic heterocycles. The van der Waals surface area contributed by atoms with Crippen molar-refractivity contribution in [2.24, 2.45) is 5.41 Å². The molecule has 3 aromatic rings. The molecule has 1 unspecified atom stereocenters. The maximum Gasteiger partial charge on any atom is 0.237 e. The van der Waals surface area contributed by atoms with Gasteiger partial charge in [0.2, 0.25) is 5.91 Å². The summed E-state index contributed by atoms with van der Waals surface area (Å²) in [6.45, 7) is 4.29. The summed E-state index contributed by atoms with van der Waals surface area (Å²) in [6.07, 6.45) is 5.70. The second-order valence-corrected chi connectivity index (χ2v) is 7.50. The number of hydrogen-bond acceptors (Lipinski definition) is 2. The highest BCUT2D eigenvalue weighted by atomic mass is 16.2. The number of carbonyl (C=O) groups is 1. The Morgan fingerprint density at radius 2 is 1.88 bits per heavy atom. The van der Waals surface area contributed by atoms with Gasteiger partial charge in [0.15, 0.2) is 0 Å². The van der Waals surface area contributed by atoms with Crippen LogP contribution in [0.5, 0.6) is 0 Å². The first-order valence-corrected chi connectivity index (χ1v) is 9.40. The molecule has 1 atom stereocenters. The van der Waals surface area contributed by atoms with E-state index in [1.807, 2.05) is 47.5 Å². The molecule has 1 aliphatic rings. The lowest BCUT2D eigenvalue weighted by Crippen LogP contribution is -2.45. The highest BCUT2D eigenvalue weighted by Gasteiger charge is 2.42. The topological polar surface area (TPSA) is 33.2 Å². The summed E-state index contributed by atoms with van der Waals surface area (Å²) < 4.78 is 0. The fourth-order valence-corrected chi connectivity index (χ4v) is 3.95. The van der Waals surface area contributed by atoms with Crippen molar-refractivity contribution in [3.63, 3.8) is 0 Å². The summed E-state index contributed by atoms with van der Waals surface area (Å²) in [7, 11) is 0. The lowest BCUT2D eigenvalue weighted by atomic mass is 9.75. The molecule has 0 fully saturated rings. The molecule has 3 heteroatoms. The van der Waals surface area contributed by atoms with Crippen LogP contribution in [0.15, 0.2) is 60.8 Å². The zero-order valence-electron chi connectivity index (χ0n) is 15.4. The molecule has 4 rings (SSSR count). The van der Waals surface area contributed by atoms with E-state index in [1.165, 1.54) is 5.56 Å². The van der Waals surface area contributed by atoms with Gasteiger partial charge in [0.05, 0.1) is 28.5 Å². The number of benzene rings is 2. The minimum absolute atomic E-state index is 0.182. The van der Waals surface area contributed by atoms with Crippen LogP contribution in [0.3, 0.4) is 0 Å². The van der Waals surface area contributed by atoms with Gasteiger partial charge in [0, 0.05) is 5.39 Å². The standard InChI is InChI=1S/C23H24N2O/c1-3-4-13-23(2)15-18-10-6-8-12-21(18)25(22(23)26)19-14-17-9-5-7-11-20(17)24-16-19/h5-12,14,16H,3-4,13,15H2,1-2H3. The van der Waals surface area contributed by atoms with Crippen LogP contribution in [0.1, 0.15) is 38.7 Å². The number of nitrogens with zero attached hydrogens (tertiary/aromatic N) is 2. The summed E-state index contributed by atoms with van der Waals surface area (Å²) in [5, 5.41) is 1.05. The Morgan fingerprint density at radius 1 is 1.12 bits per heavy atom. The lowest BCUT2D eigenvalue weighted by Gasteiger charge is -2.40. The van der Waals surface area contributed by atoms with Crippen LogP contribution in [0, 0.1) is 5.41 Å². The molecule has 0 radical (unpaired) electrons. The third-order valence-electron chi connectivity index (χ3n) is 5.45. The third kappa shape index (κ3) is 2.78. The van der Waals surface area contributed by atoms with Crippen molar-refractivity contribution in [2.75, 3.05) is 4.90 Å². The fourth-order valence-electron chi connectivity index (χ4n) is 3.95. The van der Waals surface area contributed by atoms with Crippen molar-refractivity contribution in [3.8, 4) is 0 Å². The van der Waals surface area contributed by atoms with Gasteiger partial charge in [0.1, 0.15) is 0 Å². The summed E-state index contributed by atoms with van der Waals surface area (Å²) in [5.74, 6) is 0.182. The first-order chi connectivity index (χ1) is 12.6. The van der Waals surface area contributed by atoms with Gasteiger partial charge in [-0.2, -0.15) is 0 Å². The van der Waals surface area contributed by atoms with Crippen LogP contribution in [0.25, 0.3) is 10.9 Å². The van der Waals surface area contributed by atoms with E-state index in [-0.39, 0.29) is 11.3 Å². The molecule has 0 saturated carbocycles. The second-order valence-electron chi connectivity index (χ2n) is 7.50. The van der Waals surface area contributed by atoms with Crippen molar-refractivity contribution in [3.05, 3.63) is 66.4 Å². The van der Waals surface area contributed by atoms with Crippen LogP contribution in [0.2, 0.25) is 0 Å². The normalized spacial score (nSPS) is 19.6. The molecule has 0 spiro atoms. The molecule has 2 heterocycles. The van der Waals surface area contributed by atoms with E-state index in [0.717, 1.165) is 48.0 Å². The molecule has 0 saturated heterocycles. The SMILES string of the molecule is CCCCC1(C)Cc2ccccc2N(c2cnc3ccccc3c2)C1=O. The van der Waals surface area contributed by atoms with Crippen LogP contribution < -0.4 is 4.90 Å². The molecule has 3 nitrogen and oxygen atoms in total. The van der Waals surface area contributed by atoms with Crippen molar-refractivity contribution in [1.29, 1.82) is 0 Å². The predicted octanol–water partition coefficient (Wildman–Crippen LogP) is 5.65. The molecule has 0 aliphatic carbocycles. The summed E-state index contributed by atoms with van der Waals surface area (Å²) >= 11 is 0. The van der Waals surface area contributed by atoms with Crippen molar-refractivity contribution >= 4 is 28.2 Å². The zero-order chi connectivity index (χ0) is 18.1. The lowest BCUT2D eigenvalue weighted by molar-refractivity contribution is -0.127. The first kappa shape index (κ1) is 16.8. The van der Waals surface area contributed by atoms with Gasteiger partial charge in [0.25, 0.3) is 0 Å². The highest BCUT2D eigenvalue weighted by Crippen LogP contribution is 2.44. The number of pyridine rings is 1. The smallest absolute Gasteiger partial charge is 0.237 e. The van der Waals surface area contributed by atoms with Crippen LogP contribution >= 0.6 is 0 Å². The Labute approximate surface area is 154 Å². The fraction of sp³-hybridized carbons (Fsp3) is 0.304. The third-order valence-corrected chi connectivity index (χ3v) is 5.45. The number of fused-ring (bicyclic) bond motifs is 2. The Morgan fingerprint density at radius 3 is 2.73 bits per heavy atom. The number of unbranched alkanes of at least 4 members (excludes halogenated alkanes) is 1. The van der Waals surface area contributed by atoms with Gasteiger partial charge in [-0.05, 0) is 36.6 Å². The predicted molar refractivity (Wildman–Crippen MR) is 107 cm³/mol. The van der Waals surface area contributed by atoms with Crippen LogP contribution in [-0.2, 0) is 11.2 Å². The largest absolute Gasteiger partial charge is 0.279 e. The van der Waals surface area contributed by atoms with E-state index in [9.17, 15) is 4.79 Å². The zero-order valence-corrected chi connectivity index (χ0v) is 15.4. The Balaban J connectivity index is 1.85. The number of anilines is 2. The number of amides is 1. The van der Waals surface area contributed by atoms with E-state index < -0.39 is 0 Å². The van der Waals surface area contributed by atoms with Gasteiger partial charge < -0.3 is 0 Å². The quantitative estimate of drug-likeness (QED) is 0.612. The van der Waals surface area contributed by atoms with E-state index in [4.69, 9.17) is 0 Å². The Kier molecular flexibility index (Phi) is 4.23. The van der Waals surface area contributed by atoms with Crippen molar-refractivity contribution in [1.82, 2.24) is 4.98 Å². The van der Waals surface area contributed by atoms with E-state index in [1.54, 1.807) is 0 Å². The molecule has 132 valence electrons. The summed E-state index contributed by atoms with van der Waals surface area (Å²) in [4.78, 5) is 20.0. The molecular weight excluding hydrogens is 320 g/mol. The minimum atomic E-state index is -0.365. The number of para-hydroxylation sites is 2. The molecule has 0 N–H and O–H groups in total. The van der Waals surface area contributed by atoms with E-state index in [0.29, 0.717) is 0 Å². The van der Waals surface area contributed by atoms with Gasteiger partial charge >= 0.3 is 0 Å². The molecule has 0 bridgehead atoms. The second kappa shape index (κ2) is 6.56. The molecule has 2 aromatic carbocycles.